The van der Waals surface area contributed by atoms with Crippen LogP contribution in [0.2, 0.25) is 0 Å². The van der Waals surface area contributed by atoms with Crippen LogP contribution in [-0.4, -0.2) is 35.8 Å². The number of anilines is 1. The topological polar surface area (TPSA) is 75.4 Å². The summed E-state index contributed by atoms with van der Waals surface area (Å²) in [5.74, 6) is -0.00245. The van der Waals surface area contributed by atoms with Crippen LogP contribution in [-0.2, 0) is 4.79 Å². The van der Waals surface area contributed by atoms with Crippen molar-refractivity contribution in [2.24, 2.45) is 5.73 Å². The average molecular weight is 360 g/mol. The Morgan fingerprint density at radius 2 is 1.68 bits per heavy atom. The quantitative estimate of drug-likeness (QED) is 0.884. The van der Waals surface area contributed by atoms with Gasteiger partial charge < -0.3 is 16.0 Å². The van der Waals surface area contributed by atoms with Gasteiger partial charge in [0.1, 0.15) is 0 Å². The van der Waals surface area contributed by atoms with Crippen LogP contribution >= 0.6 is 12.4 Å². The van der Waals surface area contributed by atoms with E-state index in [0.717, 1.165) is 0 Å². The minimum atomic E-state index is -0.134. The number of nitrogens with zero attached hydrogens (tertiary/aromatic N) is 1. The van der Waals surface area contributed by atoms with Gasteiger partial charge in [0.05, 0.1) is 0 Å². The van der Waals surface area contributed by atoms with Gasteiger partial charge in [0, 0.05) is 43.2 Å². The molecule has 3 N–H and O–H groups in total. The minimum absolute atomic E-state index is 0. The maximum atomic E-state index is 12.7. The SMILES string of the molecule is CC(=O)Nc1ccc(C(=O)N2C[C@@H](N)[C@H](c3ccccc3)C2)cc1.Cl. The third-order valence-corrected chi connectivity index (χ3v) is 4.33. The molecule has 0 aromatic heterocycles. The molecule has 0 saturated carbocycles. The lowest BCUT2D eigenvalue weighted by Gasteiger charge is -2.17. The first-order valence-corrected chi connectivity index (χ1v) is 8.02. The lowest BCUT2D eigenvalue weighted by atomic mass is 9.95. The van der Waals surface area contributed by atoms with Gasteiger partial charge in [-0.2, -0.15) is 0 Å². The Morgan fingerprint density at radius 1 is 1.04 bits per heavy atom. The molecule has 3 rings (SSSR count). The molecule has 1 saturated heterocycles. The van der Waals surface area contributed by atoms with Crippen LogP contribution in [0, 0.1) is 0 Å². The van der Waals surface area contributed by atoms with E-state index in [9.17, 15) is 9.59 Å². The van der Waals surface area contributed by atoms with Crippen LogP contribution in [0.25, 0.3) is 0 Å². The Kier molecular flexibility index (Phi) is 6.17. The zero-order valence-corrected chi connectivity index (χ0v) is 14.8. The summed E-state index contributed by atoms with van der Waals surface area (Å²) in [6, 6.07) is 16.9. The van der Waals surface area contributed by atoms with Gasteiger partial charge in [0.15, 0.2) is 0 Å². The van der Waals surface area contributed by atoms with Crippen LogP contribution in [0.15, 0.2) is 54.6 Å². The third kappa shape index (κ3) is 4.38. The van der Waals surface area contributed by atoms with Crippen LogP contribution in [0.1, 0.15) is 28.8 Å². The first-order chi connectivity index (χ1) is 11.5. The zero-order chi connectivity index (χ0) is 17.1. The monoisotopic (exact) mass is 359 g/mol. The summed E-state index contributed by atoms with van der Waals surface area (Å²) in [5.41, 5.74) is 8.70. The molecule has 1 heterocycles. The normalized spacial score (nSPS) is 19.2. The van der Waals surface area contributed by atoms with Gasteiger partial charge >= 0.3 is 0 Å². The summed E-state index contributed by atoms with van der Waals surface area (Å²) in [6.07, 6.45) is 0. The number of carbonyl (C=O) groups is 2. The highest BCUT2D eigenvalue weighted by molar-refractivity contribution is 5.95. The Balaban J connectivity index is 0.00000225. The molecule has 0 aliphatic carbocycles. The first-order valence-electron chi connectivity index (χ1n) is 8.02. The Labute approximate surface area is 153 Å². The van der Waals surface area contributed by atoms with E-state index >= 15 is 0 Å². The summed E-state index contributed by atoms with van der Waals surface area (Å²) in [7, 11) is 0. The van der Waals surface area contributed by atoms with Gasteiger partial charge in [-0.3, -0.25) is 9.59 Å². The molecule has 2 amide bonds. The molecule has 0 radical (unpaired) electrons. The lowest BCUT2D eigenvalue weighted by Crippen LogP contribution is -2.32. The molecule has 0 unspecified atom stereocenters. The highest BCUT2D eigenvalue weighted by Gasteiger charge is 2.34. The summed E-state index contributed by atoms with van der Waals surface area (Å²) < 4.78 is 0. The second-order valence-corrected chi connectivity index (χ2v) is 6.15. The van der Waals surface area contributed by atoms with E-state index in [4.69, 9.17) is 5.73 Å². The largest absolute Gasteiger partial charge is 0.336 e. The third-order valence-electron chi connectivity index (χ3n) is 4.33. The van der Waals surface area contributed by atoms with E-state index in [1.807, 2.05) is 18.2 Å². The van der Waals surface area contributed by atoms with Crippen molar-refractivity contribution in [3.63, 3.8) is 0 Å². The highest BCUT2D eigenvalue weighted by atomic mass is 35.5. The predicted molar refractivity (Wildman–Crippen MR) is 101 cm³/mol. The molecule has 6 heteroatoms. The number of hydrogen-bond donors (Lipinski definition) is 2. The van der Waals surface area contributed by atoms with Crippen molar-refractivity contribution < 1.29 is 9.59 Å². The van der Waals surface area contributed by atoms with E-state index in [-0.39, 0.29) is 36.2 Å². The van der Waals surface area contributed by atoms with E-state index in [1.54, 1.807) is 29.2 Å². The number of hydrogen-bond acceptors (Lipinski definition) is 3. The average Bonchev–Trinajstić information content (AvgIpc) is 2.97. The van der Waals surface area contributed by atoms with Gasteiger partial charge in [-0.05, 0) is 29.8 Å². The fraction of sp³-hybridized carbons (Fsp3) is 0.263. The Bertz CT molecular complexity index is 734. The van der Waals surface area contributed by atoms with Gasteiger partial charge in [-0.15, -0.1) is 12.4 Å². The molecule has 2 atom stereocenters. The number of likely N-dealkylation sites (tertiary alicyclic amines) is 1. The van der Waals surface area contributed by atoms with E-state index in [1.165, 1.54) is 12.5 Å². The van der Waals surface area contributed by atoms with Crippen molar-refractivity contribution in [3.8, 4) is 0 Å². The Hall–Kier alpha value is -2.37. The highest BCUT2D eigenvalue weighted by Crippen LogP contribution is 2.27. The number of amides is 2. The van der Waals surface area contributed by atoms with E-state index < -0.39 is 0 Å². The lowest BCUT2D eigenvalue weighted by molar-refractivity contribution is -0.114. The molecular formula is C19H22ClN3O2. The van der Waals surface area contributed by atoms with E-state index in [2.05, 4.69) is 17.4 Å². The van der Waals surface area contributed by atoms with Crippen molar-refractivity contribution in [1.82, 2.24) is 4.90 Å². The van der Waals surface area contributed by atoms with Gasteiger partial charge in [0.2, 0.25) is 5.91 Å². The molecule has 1 aliphatic rings. The molecule has 2 aromatic rings. The molecule has 0 spiro atoms. The fourth-order valence-corrected chi connectivity index (χ4v) is 3.13. The molecule has 1 fully saturated rings. The second-order valence-electron chi connectivity index (χ2n) is 6.15. The van der Waals surface area contributed by atoms with Crippen molar-refractivity contribution in [2.75, 3.05) is 18.4 Å². The number of nitrogens with one attached hydrogen (secondary N) is 1. The summed E-state index contributed by atoms with van der Waals surface area (Å²) in [4.78, 5) is 25.5. The molecule has 2 aromatic carbocycles. The molecular weight excluding hydrogens is 338 g/mol. The first kappa shape index (κ1) is 19.0. The molecule has 5 nitrogen and oxygen atoms in total. The van der Waals surface area contributed by atoms with Gasteiger partial charge in [-0.25, -0.2) is 0 Å². The van der Waals surface area contributed by atoms with Crippen LogP contribution in [0.4, 0.5) is 5.69 Å². The minimum Gasteiger partial charge on any atom is -0.336 e. The number of benzene rings is 2. The van der Waals surface area contributed by atoms with Crippen LogP contribution in [0.5, 0.6) is 0 Å². The van der Waals surface area contributed by atoms with Crippen molar-refractivity contribution >= 4 is 29.9 Å². The van der Waals surface area contributed by atoms with Crippen LogP contribution < -0.4 is 11.1 Å². The fourth-order valence-electron chi connectivity index (χ4n) is 3.13. The van der Waals surface area contributed by atoms with Gasteiger partial charge in [-0.1, -0.05) is 30.3 Å². The standard InChI is InChI=1S/C19H21N3O2.ClH/c1-13(23)21-16-9-7-15(8-10-16)19(24)22-11-17(18(20)12-22)14-5-3-2-4-6-14;/h2-10,17-18H,11-12,20H2,1H3,(H,21,23);1H/t17-,18+;/m0./s1. The smallest absolute Gasteiger partial charge is 0.253 e. The summed E-state index contributed by atoms with van der Waals surface area (Å²) >= 11 is 0. The predicted octanol–water partition coefficient (Wildman–Crippen LogP) is 2.63. The number of carbonyl (C=O) groups excluding carboxylic acids is 2. The molecule has 132 valence electrons. The number of nitrogens with two attached hydrogens (primary N) is 1. The maximum absolute atomic E-state index is 12.7. The number of rotatable bonds is 3. The van der Waals surface area contributed by atoms with Crippen LogP contribution in [0.3, 0.4) is 0 Å². The van der Waals surface area contributed by atoms with Crippen molar-refractivity contribution in [1.29, 1.82) is 0 Å². The Morgan fingerprint density at radius 3 is 2.28 bits per heavy atom. The number of halogens is 1. The molecule has 25 heavy (non-hydrogen) atoms. The molecule has 0 bridgehead atoms. The summed E-state index contributed by atoms with van der Waals surface area (Å²) in [6.45, 7) is 2.62. The maximum Gasteiger partial charge on any atom is 0.253 e. The van der Waals surface area contributed by atoms with E-state index in [0.29, 0.717) is 24.3 Å². The van der Waals surface area contributed by atoms with Crippen molar-refractivity contribution in [2.45, 2.75) is 18.9 Å². The van der Waals surface area contributed by atoms with Crippen molar-refractivity contribution in [3.05, 3.63) is 65.7 Å². The zero-order valence-electron chi connectivity index (χ0n) is 14.0. The molecule has 1 aliphatic heterocycles. The van der Waals surface area contributed by atoms with Gasteiger partial charge in [0.25, 0.3) is 5.91 Å². The second kappa shape index (κ2) is 8.14. The summed E-state index contributed by atoms with van der Waals surface area (Å²) in [5, 5.41) is 2.69.